The topological polar surface area (TPSA) is 26.0 Å². The zero-order valence-electron chi connectivity index (χ0n) is 19.4. The predicted octanol–water partition coefficient (Wildman–Crippen LogP) is 8.79. The molecule has 0 saturated heterocycles. The maximum absolute atomic E-state index is 5.07. The van der Waals surface area contributed by atoms with E-state index in [1.165, 1.54) is 76.4 Å². The Morgan fingerprint density at radius 1 is 0.846 bits per heavy atom. The Morgan fingerprint density at radius 2 is 1.19 bits per heavy atom. The van der Waals surface area contributed by atoms with E-state index in [1.54, 1.807) is 0 Å². The number of hydrogen-bond acceptors (Lipinski definition) is 2. The quantitative estimate of drug-likeness (QED) is 0.238. The van der Waals surface area contributed by atoms with Crippen molar-refractivity contribution in [3.63, 3.8) is 0 Å². The van der Waals surface area contributed by atoms with Gasteiger partial charge in [-0.1, -0.05) is 105 Å². The maximum Gasteiger partial charge on any atom is 0.0131 e. The van der Waals surface area contributed by atoms with Gasteiger partial charge < -0.3 is 5.73 Å². The molecule has 0 radical (unpaired) electrons. The number of nitrogens with two attached hydrogens (primary N) is 1. The molecular formula is C24H53NS. The van der Waals surface area contributed by atoms with Gasteiger partial charge in [0.2, 0.25) is 0 Å². The van der Waals surface area contributed by atoms with Crippen molar-refractivity contribution in [2.24, 2.45) is 5.73 Å². The Kier molecular flexibility index (Phi) is 46.0. The van der Waals surface area contributed by atoms with Crippen LogP contribution in [0.2, 0.25) is 0 Å². The first kappa shape index (κ1) is 33.4. The minimum Gasteiger partial charge on any atom is -0.327 e. The Hall–Kier alpha value is -0.210. The molecule has 160 valence electrons. The molecule has 2 heteroatoms. The van der Waals surface area contributed by atoms with Gasteiger partial charge in [-0.25, -0.2) is 0 Å². The van der Waals surface area contributed by atoms with Crippen molar-refractivity contribution in [1.29, 1.82) is 0 Å². The highest BCUT2D eigenvalue weighted by Gasteiger charge is 1.98. The standard InChI is InChI=1S/C16H34S.C4H9N.C2H6.C2H4/c1-4-6-7-8-9-10-11-12-13-14-15-17-16(3)5-2;1-4(2)3-5;2*1-2/h16H,4-15H2,1-3H3;1,3,5H2,2H3;1-2H3;1-2H2. The van der Waals surface area contributed by atoms with Crippen molar-refractivity contribution in [3.05, 3.63) is 25.3 Å². The monoisotopic (exact) mass is 387 g/mol. The van der Waals surface area contributed by atoms with E-state index in [4.69, 9.17) is 5.73 Å². The van der Waals surface area contributed by atoms with Crippen LogP contribution in [0.4, 0.5) is 0 Å². The summed E-state index contributed by atoms with van der Waals surface area (Å²) in [4.78, 5) is 0. The van der Waals surface area contributed by atoms with E-state index in [2.05, 4.69) is 52.3 Å². The summed E-state index contributed by atoms with van der Waals surface area (Å²) in [6.45, 7) is 23.0. The fourth-order valence-corrected chi connectivity index (χ4v) is 3.00. The molecule has 0 bridgehead atoms. The van der Waals surface area contributed by atoms with Crippen LogP contribution in [-0.2, 0) is 0 Å². The lowest BCUT2D eigenvalue weighted by Gasteiger charge is -2.07. The van der Waals surface area contributed by atoms with E-state index in [1.807, 2.05) is 20.8 Å². The Morgan fingerprint density at radius 3 is 1.50 bits per heavy atom. The van der Waals surface area contributed by atoms with Gasteiger partial charge in [-0.3, -0.25) is 0 Å². The van der Waals surface area contributed by atoms with E-state index in [0.29, 0.717) is 6.54 Å². The Bertz CT molecular complexity index is 228. The SMILES string of the molecule is C=C.C=C(C)CN.CC.CCCCCCCCCCCCSC(C)CC. The second-order valence-electron chi connectivity index (χ2n) is 6.43. The van der Waals surface area contributed by atoms with Crippen molar-refractivity contribution in [2.75, 3.05) is 12.3 Å². The van der Waals surface area contributed by atoms with Crippen LogP contribution in [0.25, 0.3) is 0 Å². The van der Waals surface area contributed by atoms with Crippen LogP contribution in [0.15, 0.2) is 25.3 Å². The first-order valence-corrected chi connectivity index (χ1v) is 12.1. The lowest BCUT2D eigenvalue weighted by molar-refractivity contribution is 0.563. The average molecular weight is 388 g/mol. The highest BCUT2D eigenvalue weighted by atomic mass is 32.2. The average Bonchev–Trinajstić information content (AvgIpc) is 2.69. The third kappa shape index (κ3) is 43.8. The molecule has 1 atom stereocenters. The number of hydrogen-bond donors (Lipinski definition) is 1. The molecule has 26 heavy (non-hydrogen) atoms. The summed E-state index contributed by atoms with van der Waals surface area (Å²) < 4.78 is 0. The van der Waals surface area contributed by atoms with Crippen LogP contribution in [-0.4, -0.2) is 17.5 Å². The van der Waals surface area contributed by atoms with Gasteiger partial charge in [0.15, 0.2) is 0 Å². The normalized spacial score (nSPS) is 10.3. The largest absolute Gasteiger partial charge is 0.327 e. The third-order valence-electron chi connectivity index (χ3n) is 3.82. The fraction of sp³-hybridized carbons (Fsp3) is 0.833. The molecule has 0 aromatic rings. The molecule has 0 saturated carbocycles. The third-order valence-corrected chi connectivity index (χ3v) is 5.25. The zero-order valence-corrected chi connectivity index (χ0v) is 20.2. The summed E-state index contributed by atoms with van der Waals surface area (Å²) in [5, 5.41) is 0.869. The molecule has 0 rings (SSSR count). The van der Waals surface area contributed by atoms with E-state index in [-0.39, 0.29) is 0 Å². The molecule has 0 aromatic heterocycles. The summed E-state index contributed by atoms with van der Waals surface area (Å²) >= 11 is 2.15. The van der Waals surface area contributed by atoms with Gasteiger partial charge in [0, 0.05) is 11.8 Å². The lowest BCUT2D eigenvalue weighted by atomic mass is 10.1. The van der Waals surface area contributed by atoms with E-state index in [9.17, 15) is 0 Å². The fourth-order valence-electron chi connectivity index (χ4n) is 1.99. The predicted molar refractivity (Wildman–Crippen MR) is 131 cm³/mol. The molecular weight excluding hydrogens is 334 g/mol. The second kappa shape index (κ2) is 35.8. The second-order valence-corrected chi connectivity index (χ2v) is 7.98. The lowest BCUT2D eigenvalue weighted by Crippen LogP contribution is -1.97. The summed E-state index contributed by atoms with van der Waals surface area (Å²) in [6.07, 6.45) is 15.8. The molecule has 0 heterocycles. The molecule has 0 aliphatic rings. The summed E-state index contributed by atoms with van der Waals surface area (Å²) in [6, 6.07) is 0. The minimum atomic E-state index is 0.611. The smallest absolute Gasteiger partial charge is 0.0131 e. The van der Waals surface area contributed by atoms with Gasteiger partial charge in [-0.2, -0.15) is 11.8 Å². The van der Waals surface area contributed by atoms with Crippen LogP contribution in [0.5, 0.6) is 0 Å². The van der Waals surface area contributed by atoms with Crippen molar-refractivity contribution in [3.8, 4) is 0 Å². The summed E-state index contributed by atoms with van der Waals surface area (Å²) in [5.74, 6) is 1.38. The van der Waals surface area contributed by atoms with Gasteiger partial charge in [0.1, 0.15) is 0 Å². The molecule has 0 aliphatic heterocycles. The number of rotatable bonds is 14. The van der Waals surface area contributed by atoms with Gasteiger partial charge in [0.25, 0.3) is 0 Å². The van der Waals surface area contributed by atoms with E-state index < -0.39 is 0 Å². The van der Waals surface area contributed by atoms with Crippen LogP contribution in [0.3, 0.4) is 0 Å². The number of thioether (sulfide) groups is 1. The van der Waals surface area contributed by atoms with Crippen molar-refractivity contribution in [2.45, 2.75) is 117 Å². The number of unbranched alkanes of at least 4 members (excludes halogenated alkanes) is 9. The van der Waals surface area contributed by atoms with Gasteiger partial charge >= 0.3 is 0 Å². The van der Waals surface area contributed by atoms with Crippen LogP contribution >= 0.6 is 11.8 Å². The van der Waals surface area contributed by atoms with Crippen LogP contribution in [0.1, 0.15) is 112 Å². The molecule has 0 amide bonds. The summed E-state index contributed by atoms with van der Waals surface area (Å²) in [7, 11) is 0. The first-order valence-electron chi connectivity index (χ1n) is 11.0. The highest BCUT2D eigenvalue weighted by molar-refractivity contribution is 7.99. The van der Waals surface area contributed by atoms with E-state index >= 15 is 0 Å². The highest BCUT2D eigenvalue weighted by Crippen LogP contribution is 2.17. The first-order chi connectivity index (χ1) is 12.6. The van der Waals surface area contributed by atoms with Gasteiger partial charge in [0.05, 0.1) is 0 Å². The Balaban J connectivity index is -0.000000226. The van der Waals surface area contributed by atoms with Crippen molar-refractivity contribution < 1.29 is 0 Å². The van der Waals surface area contributed by atoms with Crippen LogP contribution < -0.4 is 5.73 Å². The molecule has 0 aliphatic carbocycles. The molecule has 1 unspecified atom stereocenters. The van der Waals surface area contributed by atoms with Gasteiger partial charge in [-0.15, -0.1) is 13.2 Å². The molecule has 0 aromatic carbocycles. The van der Waals surface area contributed by atoms with E-state index in [0.717, 1.165) is 10.8 Å². The molecule has 0 spiro atoms. The van der Waals surface area contributed by atoms with Gasteiger partial charge in [-0.05, 0) is 25.5 Å². The molecule has 1 nitrogen and oxygen atoms in total. The van der Waals surface area contributed by atoms with Crippen LogP contribution in [0, 0.1) is 0 Å². The Labute approximate surface area is 172 Å². The summed E-state index contributed by atoms with van der Waals surface area (Å²) in [5.41, 5.74) is 6.10. The zero-order chi connectivity index (χ0) is 21.1. The molecule has 0 fully saturated rings. The maximum atomic E-state index is 5.07. The minimum absolute atomic E-state index is 0.611. The molecule has 2 N–H and O–H groups in total. The van der Waals surface area contributed by atoms with Crippen molar-refractivity contribution >= 4 is 11.8 Å². The van der Waals surface area contributed by atoms with Crippen molar-refractivity contribution in [1.82, 2.24) is 0 Å².